The molecule has 0 fully saturated rings. The first-order valence-corrected chi connectivity index (χ1v) is 8.73. The Morgan fingerprint density at radius 3 is 2.27 bits per heavy atom. The third-order valence-electron chi connectivity index (χ3n) is 4.82. The summed E-state index contributed by atoms with van der Waals surface area (Å²) in [4.78, 5) is 11.7. The zero-order valence-electron chi connectivity index (χ0n) is 14.2. The number of para-hydroxylation sites is 1. The number of hydrogen-bond donors (Lipinski definition) is 0. The molecule has 26 heavy (non-hydrogen) atoms. The second-order valence-electron chi connectivity index (χ2n) is 6.32. The van der Waals surface area contributed by atoms with Crippen LogP contribution in [0.4, 0.5) is 11.4 Å². The van der Waals surface area contributed by atoms with Crippen molar-refractivity contribution in [1.29, 1.82) is 0 Å². The van der Waals surface area contributed by atoms with E-state index in [4.69, 9.17) is 4.98 Å². The highest BCUT2D eigenvalue weighted by molar-refractivity contribution is 6.90. The predicted octanol–water partition coefficient (Wildman–Crippen LogP) is 3.40. The molecular weight excluding hydrogens is 317 g/mol. The van der Waals surface area contributed by atoms with Gasteiger partial charge in [-0.25, -0.2) is 0 Å². The van der Waals surface area contributed by atoms with E-state index in [1.807, 2.05) is 36.7 Å². The van der Waals surface area contributed by atoms with Crippen LogP contribution in [-0.2, 0) is 0 Å². The molecule has 0 saturated heterocycles. The van der Waals surface area contributed by atoms with E-state index in [1.165, 1.54) is 11.0 Å². The molecule has 3 nitrogen and oxygen atoms in total. The Kier molecular flexibility index (Phi) is 3.53. The normalized spacial score (nSPS) is 12.5. The first kappa shape index (κ1) is 14.9. The van der Waals surface area contributed by atoms with Crippen LogP contribution in [0.15, 0.2) is 97.3 Å². The number of aromatic nitrogens is 2. The van der Waals surface area contributed by atoms with Crippen LogP contribution in [0.3, 0.4) is 0 Å². The molecule has 0 atom stereocenters. The Morgan fingerprint density at radius 1 is 0.654 bits per heavy atom. The van der Waals surface area contributed by atoms with E-state index >= 15 is 0 Å². The van der Waals surface area contributed by atoms with Crippen LogP contribution in [0, 0.1) is 0 Å². The van der Waals surface area contributed by atoms with E-state index in [0.717, 1.165) is 22.7 Å². The first-order valence-electron chi connectivity index (χ1n) is 8.73. The smallest absolute Gasteiger partial charge is 0.348 e. The van der Waals surface area contributed by atoms with E-state index in [-0.39, 0.29) is 6.85 Å². The second-order valence-corrected chi connectivity index (χ2v) is 6.32. The highest BCUT2D eigenvalue weighted by atomic mass is 15.1. The highest BCUT2D eigenvalue weighted by Gasteiger charge is 2.38. The minimum absolute atomic E-state index is 0.00602. The monoisotopic (exact) mass is 333 g/mol. The molecule has 1 aliphatic rings. The molecule has 4 heteroatoms. The number of rotatable bonds is 2. The van der Waals surface area contributed by atoms with Crippen molar-refractivity contribution in [2.24, 2.45) is 0 Å². The molecule has 2 aromatic carbocycles. The summed E-state index contributed by atoms with van der Waals surface area (Å²) >= 11 is 0. The van der Waals surface area contributed by atoms with Gasteiger partial charge in [-0.15, -0.1) is 0 Å². The van der Waals surface area contributed by atoms with Crippen molar-refractivity contribution in [3.05, 3.63) is 97.3 Å². The Balaban J connectivity index is 1.83. The summed E-state index contributed by atoms with van der Waals surface area (Å²) in [6, 6.07) is 29.2. The lowest BCUT2D eigenvalue weighted by atomic mass is 9.48. The number of hydrogen-bond acceptors (Lipinski definition) is 3. The van der Waals surface area contributed by atoms with Gasteiger partial charge in [0.2, 0.25) is 0 Å². The van der Waals surface area contributed by atoms with Crippen molar-refractivity contribution in [3.63, 3.8) is 0 Å². The molecular formula is C22H16BN3. The molecule has 0 amide bonds. The molecule has 5 rings (SSSR count). The van der Waals surface area contributed by atoms with Crippen LogP contribution in [0.2, 0.25) is 0 Å². The van der Waals surface area contributed by atoms with E-state index < -0.39 is 0 Å². The van der Waals surface area contributed by atoms with Gasteiger partial charge in [-0.3, -0.25) is 9.97 Å². The topological polar surface area (TPSA) is 29.0 Å². The molecule has 0 spiro atoms. The average Bonchev–Trinajstić information content (AvgIpc) is 2.74. The molecule has 4 aromatic rings. The number of fused-ring (bicyclic) bond motifs is 3. The van der Waals surface area contributed by atoms with E-state index in [1.54, 1.807) is 0 Å². The van der Waals surface area contributed by atoms with Crippen molar-refractivity contribution < 1.29 is 0 Å². The summed E-state index contributed by atoms with van der Waals surface area (Å²) in [5, 5.41) is 0. The Morgan fingerprint density at radius 2 is 1.42 bits per heavy atom. The van der Waals surface area contributed by atoms with Crippen LogP contribution >= 0.6 is 0 Å². The number of nitrogens with zero attached hydrogens (tertiary/aromatic N) is 3. The SMILES string of the molecule is c1ccc(N2B(c3ccccn3)c3ccccc3-c3ncccc32)cc1. The van der Waals surface area contributed by atoms with Gasteiger partial charge in [-0.2, -0.15) is 0 Å². The van der Waals surface area contributed by atoms with Crippen LogP contribution in [0.25, 0.3) is 11.3 Å². The Bertz CT molecular complexity index is 964. The molecule has 3 heterocycles. The Labute approximate surface area is 153 Å². The highest BCUT2D eigenvalue weighted by Crippen LogP contribution is 2.37. The van der Waals surface area contributed by atoms with Gasteiger partial charge < -0.3 is 4.81 Å². The third-order valence-corrected chi connectivity index (χ3v) is 4.82. The zero-order chi connectivity index (χ0) is 17.3. The van der Waals surface area contributed by atoms with Gasteiger partial charge in [0.05, 0.1) is 11.4 Å². The quantitative estimate of drug-likeness (QED) is 0.527. The summed E-state index contributed by atoms with van der Waals surface area (Å²) in [5.41, 5.74) is 6.67. The fourth-order valence-corrected chi connectivity index (χ4v) is 3.73. The molecule has 0 saturated carbocycles. The summed E-state index contributed by atoms with van der Waals surface area (Å²) in [6.45, 7) is 0.00602. The van der Waals surface area contributed by atoms with Crippen LogP contribution in [-0.4, -0.2) is 16.8 Å². The van der Waals surface area contributed by atoms with Gasteiger partial charge in [0.1, 0.15) is 0 Å². The van der Waals surface area contributed by atoms with Crippen LogP contribution in [0.5, 0.6) is 0 Å². The van der Waals surface area contributed by atoms with Crippen LogP contribution in [0.1, 0.15) is 0 Å². The molecule has 0 bridgehead atoms. The van der Waals surface area contributed by atoms with Gasteiger partial charge in [-0.05, 0) is 47.4 Å². The maximum absolute atomic E-state index is 4.70. The van der Waals surface area contributed by atoms with Gasteiger partial charge in [-0.1, -0.05) is 48.5 Å². The number of benzene rings is 2. The standard InChI is InChI=1S/C22H16BN3/c1-2-9-17(10-3-1)26-20-13-8-16-25-22(20)18-11-4-5-12-19(18)23(26)21-14-6-7-15-24-21/h1-16H. The summed E-state index contributed by atoms with van der Waals surface area (Å²) in [7, 11) is 0. The fourth-order valence-electron chi connectivity index (χ4n) is 3.73. The van der Waals surface area contributed by atoms with Crippen molar-refractivity contribution in [1.82, 2.24) is 9.97 Å². The fraction of sp³-hybridized carbons (Fsp3) is 0. The van der Waals surface area contributed by atoms with Crippen molar-refractivity contribution in [2.45, 2.75) is 0 Å². The lowest BCUT2D eigenvalue weighted by Gasteiger charge is -2.37. The lowest BCUT2D eigenvalue weighted by Crippen LogP contribution is -2.58. The van der Waals surface area contributed by atoms with Gasteiger partial charge in [0, 0.05) is 23.7 Å². The first-order chi connectivity index (χ1) is 12.9. The maximum Gasteiger partial charge on any atom is 0.348 e. The molecule has 0 aliphatic carbocycles. The summed E-state index contributed by atoms with van der Waals surface area (Å²) in [6.07, 6.45) is 3.72. The molecule has 2 aromatic heterocycles. The summed E-state index contributed by atoms with van der Waals surface area (Å²) < 4.78 is 0. The van der Waals surface area contributed by atoms with E-state index in [2.05, 4.69) is 70.5 Å². The van der Waals surface area contributed by atoms with Crippen LogP contribution < -0.4 is 15.9 Å². The van der Waals surface area contributed by atoms with Crippen molar-refractivity contribution >= 4 is 29.3 Å². The van der Waals surface area contributed by atoms with Crippen molar-refractivity contribution in [3.8, 4) is 11.3 Å². The largest absolute Gasteiger partial charge is 0.374 e. The van der Waals surface area contributed by atoms with Crippen molar-refractivity contribution in [2.75, 3.05) is 4.81 Å². The molecule has 0 unspecified atom stereocenters. The second kappa shape index (κ2) is 6.15. The van der Waals surface area contributed by atoms with Gasteiger partial charge in [0.15, 0.2) is 0 Å². The zero-order valence-corrected chi connectivity index (χ0v) is 14.2. The minimum atomic E-state index is 0.00602. The number of pyridine rings is 2. The van der Waals surface area contributed by atoms with E-state index in [0.29, 0.717) is 0 Å². The minimum Gasteiger partial charge on any atom is -0.374 e. The molecule has 0 N–H and O–H groups in total. The Hall–Kier alpha value is -3.40. The van der Waals surface area contributed by atoms with Gasteiger partial charge in [0.25, 0.3) is 0 Å². The lowest BCUT2D eigenvalue weighted by molar-refractivity contribution is 1.26. The summed E-state index contributed by atoms with van der Waals surface area (Å²) in [5.74, 6) is 0. The predicted molar refractivity (Wildman–Crippen MR) is 108 cm³/mol. The third kappa shape index (κ3) is 2.31. The molecule has 1 aliphatic heterocycles. The van der Waals surface area contributed by atoms with E-state index in [9.17, 15) is 0 Å². The number of anilines is 2. The van der Waals surface area contributed by atoms with Gasteiger partial charge >= 0.3 is 6.85 Å². The maximum atomic E-state index is 4.70. The average molecular weight is 333 g/mol. The molecule has 0 radical (unpaired) electrons. The molecule has 122 valence electrons.